The van der Waals surface area contributed by atoms with Crippen LogP contribution in [0.25, 0.3) is 0 Å². The van der Waals surface area contributed by atoms with Crippen molar-refractivity contribution in [2.45, 2.75) is 82.6 Å². The number of nitrogens with one attached hydrogen (secondary N) is 1. The summed E-state index contributed by atoms with van der Waals surface area (Å²) in [4.78, 5) is 39.6. The van der Waals surface area contributed by atoms with Gasteiger partial charge in [0, 0.05) is 37.1 Å². The molecule has 1 N–H and O–H groups in total. The Kier molecular flexibility index (Phi) is 8.32. The maximum atomic E-state index is 12.7. The lowest BCUT2D eigenvalue weighted by molar-refractivity contribution is -0.148. The summed E-state index contributed by atoms with van der Waals surface area (Å²) >= 11 is 0. The number of hydrogen-bond acceptors (Lipinski definition) is 8. The topological polar surface area (TPSA) is 103 Å². The highest BCUT2D eigenvalue weighted by atomic mass is 16.6. The quantitative estimate of drug-likeness (QED) is 0.339. The maximum absolute atomic E-state index is 12.7. The number of anilines is 1. The number of carbonyl (C=O) groups is 3. The molecule has 2 heterocycles. The summed E-state index contributed by atoms with van der Waals surface area (Å²) in [5.74, 6) is 0.554. The van der Waals surface area contributed by atoms with Gasteiger partial charge in [-0.25, -0.2) is 4.79 Å². The first-order valence-corrected chi connectivity index (χ1v) is 14.5. The highest BCUT2D eigenvalue weighted by Gasteiger charge is 2.53. The van der Waals surface area contributed by atoms with Gasteiger partial charge in [0.15, 0.2) is 11.5 Å². The van der Waals surface area contributed by atoms with E-state index in [4.69, 9.17) is 18.9 Å². The third-order valence-electron chi connectivity index (χ3n) is 8.00. The molecule has 3 atom stereocenters. The lowest BCUT2D eigenvalue weighted by Crippen LogP contribution is -2.43. The largest absolute Gasteiger partial charge is 0.493 e. The molecule has 1 aliphatic carbocycles. The van der Waals surface area contributed by atoms with Gasteiger partial charge in [0.25, 0.3) is 0 Å². The molecule has 9 heteroatoms. The second-order valence-corrected chi connectivity index (χ2v) is 12.4. The second-order valence-electron chi connectivity index (χ2n) is 12.4. The fourth-order valence-electron chi connectivity index (χ4n) is 6.02. The molecule has 3 aliphatic rings. The van der Waals surface area contributed by atoms with Crippen molar-refractivity contribution >= 4 is 23.5 Å². The number of nitrogens with zero attached hydrogens (tertiary/aromatic N) is 1. The van der Waals surface area contributed by atoms with Crippen LogP contribution in [0.5, 0.6) is 11.5 Å². The van der Waals surface area contributed by atoms with Crippen molar-refractivity contribution in [2.24, 2.45) is 0 Å². The average Bonchev–Trinajstić information content (AvgIpc) is 3.18. The van der Waals surface area contributed by atoms with Gasteiger partial charge in [-0.15, -0.1) is 0 Å². The summed E-state index contributed by atoms with van der Waals surface area (Å²) < 4.78 is 23.3. The lowest BCUT2D eigenvalue weighted by atomic mass is 9.69. The molecule has 2 aliphatic heterocycles. The molecule has 5 rings (SSSR count). The standard InChI is InChI=1S/C33H40N2O7/c1-32(2,3)42-31(38)21-9-12-23(13-10-21)34-27(36)7-6-8-28(37)40-24-15-16-33-17-18-35(4)20-22-11-14-25(39-5)30(29(22)33)41-26(33)19-24/h9-16,24,26H,6-8,17-20H2,1-5H3,(H,34,36)/t24-,26-,33-/m0/s1. The summed E-state index contributed by atoms with van der Waals surface area (Å²) in [6.07, 6.45) is 5.77. The van der Waals surface area contributed by atoms with E-state index in [0.29, 0.717) is 24.1 Å². The Hall–Kier alpha value is -3.85. The molecule has 0 saturated heterocycles. The molecule has 0 fully saturated rings. The number of carbonyl (C=O) groups excluding carboxylic acids is 3. The van der Waals surface area contributed by atoms with E-state index in [9.17, 15) is 14.4 Å². The zero-order chi connectivity index (χ0) is 30.1. The Balaban J connectivity index is 1.12. The predicted molar refractivity (Wildman–Crippen MR) is 158 cm³/mol. The van der Waals surface area contributed by atoms with Crippen LogP contribution in [-0.2, 0) is 31.0 Å². The van der Waals surface area contributed by atoms with E-state index >= 15 is 0 Å². The molecule has 224 valence electrons. The number of amides is 1. The van der Waals surface area contributed by atoms with E-state index in [-0.39, 0.29) is 36.2 Å². The van der Waals surface area contributed by atoms with Crippen molar-refractivity contribution in [2.75, 3.05) is 26.0 Å². The smallest absolute Gasteiger partial charge is 0.338 e. The van der Waals surface area contributed by atoms with Gasteiger partial charge in [0.1, 0.15) is 17.8 Å². The van der Waals surface area contributed by atoms with Gasteiger partial charge in [-0.1, -0.05) is 12.1 Å². The lowest BCUT2D eigenvalue weighted by Gasteiger charge is -2.36. The zero-order valence-electron chi connectivity index (χ0n) is 25.0. The molecule has 0 bridgehead atoms. The van der Waals surface area contributed by atoms with Crippen molar-refractivity contribution < 1.29 is 33.3 Å². The van der Waals surface area contributed by atoms with E-state index in [0.717, 1.165) is 31.0 Å². The molecular weight excluding hydrogens is 536 g/mol. The minimum atomic E-state index is -0.582. The first kappa shape index (κ1) is 29.6. The number of esters is 2. The predicted octanol–water partition coefficient (Wildman–Crippen LogP) is 5.17. The Labute approximate surface area is 247 Å². The van der Waals surface area contributed by atoms with Crippen LogP contribution in [0.15, 0.2) is 48.6 Å². The fourth-order valence-corrected chi connectivity index (χ4v) is 6.02. The Morgan fingerprint density at radius 3 is 2.57 bits per heavy atom. The first-order valence-electron chi connectivity index (χ1n) is 14.5. The van der Waals surface area contributed by atoms with Crippen LogP contribution in [0.2, 0.25) is 0 Å². The van der Waals surface area contributed by atoms with Crippen LogP contribution < -0.4 is 14.8 Å². The van der Waals surface area contributed by atoms with E-state index < -0.39 is 17.7 Å². The minimum Gasteiger partial charge on any atom is -0.493 e. The Morgan fingerprint density at radius 2 is 1.86 bits per heavy atom. The number of ether oxygens (including phenoxy) is 4. The second kappa shape index (κ2) is 11.8. The average molecular weight is 577 g/mol. The molecule has 0 unspecified atom stereocenters. The van der Waals surface area contributed by atoms with Crippen molar-refractivity contribution in [1.82, 2.24) is 4.90 Å². The van der Waals surface area contributed by atoms with Gasteiger partial charge < -0.3 is 29.2 Å². The van der Waals surface area contributed by atoms with Crippen molar-refractivity contribution in [3.05, 3.63) is 65.2 Å². The molecule has 0 radical (unpaired) electrons. The molecule has 2 aromatic carbocycles. The van der Waals surface area contributed by atoms with Gasteiger partial charge in [0.05, 0.1) is 18.1 Å². The van der Waals surface area contributed by atoms with Crippen LogP contribution in [-0.4, -0.2) is 61.3 Å². The summed E-state index contributed by atoms with van der Waals surface area (Å²) in [6.45, 7) is 7.20. The monoisotopic (exact) mass is 576 g/mol. The first-order chi connectivity index (χ1) is 20.0. The van der Waals surface area contributed by atoms with Crippen LogP contribution in [0, 0.1) is 0 Å². The van der Waals surface area contributed by atoms with Gasteiger partial charge >= 0.3 is 11.9 Å². The third kappa shape index (κ3) is 6.31. The Morgan fingerprint density at radius 1 is 1.10 bits per heavy atom. The zero-order valence-corrected chi connectivity index (χ0v) is 25.0. The summed E-state index contributed by atoms with van der Waals surface area (Å²) in [7, 11) is 3.78. The molecule has 2 aromatic rings. The van der Waals surface area contributed by atoms with E-state index in [1.807, 2.05) is 32.9 Å². The van der Waals surface area contributed by atoms with E-state index in [1.54, 1.807) is 31.4 Å². The van der Waals surface area contributed by atoms with Crippen molar-refractivity contribution in [1.29, 1.82) is 0 Å². The highest BCUT2D eigenvalue weighted by Crippen LogP contribution is 2.55. The molecule has 1 amide bonds. The maximum Gasteiger partial charge on any atom is 0.338 e. The van der Waals surface area contributed by atoms with E-state index in [2.05, 4.69) is 29.4 Å². The molecule has 0 saturated carbocycles. The fraction of sp³-hybridized carbons (Fsp3) is 0.485. The van der Waals surface area contributed by atoms with Crippen LogP contribution in [0.1, 0.15) is 74.4 Å². The molecule has 1 spiro atoms. The molecule has 0 aromatic heterocycles. The number of rotatable bonds is 8. The van der Waals surface area contributed by atoms with Gasteiger partial charge in [0.2, 0.25) is 5.91 Å². The number of benzene rings is 2. The third-order valence-corrected chi connectivity index (χ3v) is 8.00. The van der Waals surface area contributed by atoms with Crippen LogP contribution in [0.4, 0.5) is 5.69 Å². The highest BCUT2D eigenvalue weighted by molar-refractivity contribution is 5.93. The van der Waals surface area contributed by atoms with Crippen molar-refractivity contribution in [3.8, 4) is 11.5 Å². The summed E-state index contributed by atoms with van der Waals surface area (Å²) in [5.41, 5.74) is 2.56. The molecular formula is C33H40N2O7. The minimum absolute atomic E-state index is 0.134. The van der Waals surface area contributed by atoms with Gasteiger partial charge in [-0.3, -0.25) is 9.59 Å². The summed E-state index contributed by atoms with van der Waals surface area (Å²) in [5, 5.41) is 2.80. The number of methoxy groups -OCH3 is 1. The molecule has 42 heavy (non-hydrogen) atoms. The number of hydrogen-bond donors (Lipinski definition) is 1. The van der Waals surface area contributed by atoms with E-state index in [1.165, 1.54) is 11.1 Å². The normalized spacial score (nSPS) is 22.7. The van der Waals surface area contributed by atoms with Crippen molar-refractivity contribution in [3.63, 3.8) is 0 Å². The van der Waals surface area contributed by atoms with Crippen LogP contribution >= 0.6 is 0 Å². The Bertz CT molecular complexity index is 1380. The summed E-state index contributed by atoms with van der Waals surface area (Å²) in [6, 6.07) is 10.6. The van der Waals surface area contributed by atoms with Gasteiger partial charge in [-0.05, 0) is 89.2 Å². The molecule has 9 nitrogen and oxygen atoms in total. The SMILES string of the molecule is COc1ccc2c3c1O[C@H]1C[C@@H](OC(=O)CCCC(=O)Nc4ccc(C(=O)OC(C)(C)C)cc4)C=C[C@@]31CCN(C)C2. The van der Waals surface area contributed by atoms with Crippen LogP contribution in [0.3, 0.4) is 0 Å². The van der Waals surface area contributed by atoms with Gasteiger partial charge in [-0.2, -0.15) is 0 Å².